The fourth-order valence-corrected chi connectivity index (χ4v) is 3.29. The average Bonchev–Trinajstić information content (AvgIpc) is 2.69. The lowest BCUT2D eigenvalue weighted by Gasteiger charge is -2.36. The Kier molecular flexibility index (Phi) is 5.51. The molecule has 1 amide bonds. The summed E-state index contributed by atoms with van der Waals surface area (Å²) in [6.07, 6.45) is 0.515. The topological polar surface area (TPSA) is 66.7 Å². The zero-order valence-corrected chi connectivity index (χ0v) is 14.9. The van der Waals surface area contributed by atoms with E-state index in [2.05, 4.69) is 24.0 Å². The SMILES string of the molecule is C[C@H](CC(=O)N1CCN(c2ccc([N+](=O)[O-])cc2)CC1)c1ccccc1. The van der Waals surface area contributed by atoms with Crippen LogP contribution in [0.25, 0.3) is 0 Å². The van der Waals surface area contributed by atoms with Crippen molar-refractivity contribution < 1.29 is 9.72 Å². The Hall–Kier alpha value is -2.89. The number of amides is 1. The molecular weight excluding hydrogens is 330 g/mol. The van der Waals surface area contributed by atoms with Gasteiger partial charge in [-0.2, -0.15) is 0 Å². The highest BCUT2D eigenvalue weighted by atomic mass is 16.6. The Balaban J connectivity index is 1.53. The molecule has 136 valence electrons. The van der Waals surface area contributed by atoms with Gasteiger partial charge in [0, 0.05) is 50.4 Å². The molecule has 26 heavy (non-hydrogen) atoms. The second kappa shape index (κ2) is 7.99. The monoisotopic (exact) mass is 353 g/mol. The van der Waals surface area contributed by atoms with Crippen molar-refractivity contribution >= 4 is 17.3 Å². The number of non-ortho nitro benzene ring substituents is 1. The lowest BCUT2D eigenvalue weighted by atomic mass is 9.97. The van der Waals surface area contributed by atoms with Gasteiger partial charge >= 0.3 is 0 Å². The van der Waals surface area contributed by atoms with Crippen molar-refractivity contribution in [2.45, 2.75) is 19.3 Å². The summed E-state index contributed by atoms with van der Waals surface area (Å²) in [6, 6.07) is 16.7. The average molecular weight is 353 g/mol. The number of hydrogen-bond donors (Lipinski definition) is 0. The molecule has 1 aliphatic heterocycles. The summed E-state index contributed by atoms with van der Waals surface area (Å²) in [5.41, 5.74) is 2.24. The minimum atomic E-state index is -0.395. The van der Waals surface area contributed by atoms with Crippen LogP contribution in [0.5, 0.6) is 0 Å². The predicted octanol–water partition coefficient (Wildman–Crippen LogP) is 3.44. The molecule has 2 aromatic rings. The summed E-state index contributed by atoms with van der Waals surface area (Å²) in [7, 11) is 0. The summed E-state index contributed by atoms with van der Waals surface area (Å²) < 4.78 is 0. The van der Waals surface area contributed by atoms with Gasteiger partial charge in [0.2, 0.25) is 5.91 Å². The van der Waals surface area contributed by atoms with Gasteiger partial charge < -0.3 is 9.80 Å². The second-order valence-corrected chi connectivity index (χ2v) is 6.66. The maximum Gasteiger partial charge on any atom is 0.269 e. The first-order chi connectivity index (χ1) is 12.5. The number of nitro benzene ring substituents is 1. The lowest BCUT2D eigenvalue weighted by molar-refractivity contribution is -0.384. The number of carbonyl (C=O) groups excluding carboxylic acids is 1. The van der Waals surface area contributed by atoms with Crippen LogP contribution in [0.1, 0.15) is 24.8 Å². The van der Waals surface area contributed by atoms with Gasteiger partial charge in [-0.3, -0.25) is 14.9 Å². The molecule has 1 heterocycles. The minimum absolute atomic E-state index is 0.0949. The third kappa shape index (κ3) is 4.20. The summed E-state index contributed by atoms with van der Waals surface area (Å²) in [5, 5.41) is 10.7. The lowest BCUT2D eigenvalue weighted by Crippen LogP contribution is -2.49. The van der Waals surface area contributed by atoms with Crippen molar-refractivity contribution in [2.75, 3.05) is 31.1 Å². The van der Waals surface area contributed by atoms with Gasteiger partial charge in [-0.1, -0.05) is 37.3 Å². The summed E-state index contributed by atoms with van der Waals surface area (Å²) >= 11 is 0. The smallest absolute Gasteiger partial charge is 0.269 e. The normalized spacial score (nSPS) is 15.6. The number of nitrogens with zero attached hydrogens (tertiary/aromatic N) is 3. The van der Waals surface area contributed by atoms with E-state index in [0.29, 0.717) is 19.5 Å². The molecule has 6 nitrogen and oxygen atoms in total. The first kappa shape index (κ1) is 17.9. The van der Waals surface area contributed by atoms with Gasteiger partial charge in [-0.25, -0.2) is 0 Å². The number of benzene rings is 2. The summed E-state index contributed by atoms with van der Waals surface area (Å²) in [5.74, 6) is 0.390. The highest BCUT2D eigenvalue weighted by molar-refractivity contribution is 5.77. The van der Waals surface area contributed by atoms with Crippen LogP contribution < -0.4 is 4.90 Å². The fraction of sp³-hybridized carbons (Fsp3) is 0.350. The second-order valence-electron chi connectivity index (χ2n) is 6.66. The Morgan fingerprint density at radius 3 is 2.23 bits per heavy atom. The first-order valence-electron chi connectivity index (χ1n) is 8.86. The third-order valence-corrected chi connectivity index (χ3v) is 4.91. The van der Waals surface area contributed by atoms with E-state index >= 15 is 0 Å². The maximum atomic E-state index is 12.6. The molecule has 0 radical (unpaired) electrons. The number of anilines is 1. The Morgan fingerprint density at radius 1 is 1.04 bits per heavy atom. The van der Waals surface area contributed by atoms with E-state index in [1.165, 1.54) is 17.7 Å². The maximum absolute atomic E-state index is 12.6. The van der Waals surface area contributed by atoms with Gasteiger partial charge in [0.15, 0.2) is 0 Å². The number of hydrogen-bond acceptors (Lipinski definition) is 4. The number of rotatable bonds is 5. The molecule has 0 saturated carbocycles. The molecule has 0 N–H and O–H groups in total. The highest BCUT2D eigenvalue weighted by Gasteiger charge is 2.23. The molecule has 1 saturated heterocycles. The summed E-state index contributed by atoms with van der Waals surface area (Å²) in [4.78, 5) is 27.0. The van der Waals surface area contributed by atoms with Crippen molar-refractivity contribution in [1.29, 1.82) is 0 Å². The molecule has 0 bridgehead atoms. The fourth-order valence-electron chi connectivity index (χ4n) is 3.29. The largest absolute Gasteiger partial charge is 0.368 e. The van der Waals surface area contributed by atoms with E-state index in [0.717, 1.165) is 18.8 Å². The number of nitro groups is 1. The zero-order valence-electron chi connectivity index (χ0n) is 14.9. The quantitative estimate of drug-likeness (QED) is 0.610. The Bertz CT molecular complexity index is 754. The van der Waals surface area contributed by atoms with Crippen LogP contribution in [0, 0.1) is 10.1 Å². The molecule has 0 unspecified atom stereocenters. The van der Waals surface area contributed by atoms with Gasteiger partial charge in [0.25, 0.3) is 5.69 Å². The highest BCUT2D eigenvalue weighted by Crippen LogP contribution is 2.23. The van der Waals surface area contributed by atoms with Crippen molar-refractivity contribution in [1.82, 2.24) is 4.90 Å². The first-order valence-corrected chi connectivity index (χ1v) is 8.86. The number of carbonyl (C=O) groups is 1. The molecule has 1 atom stereocenters. The van der Waals surface area contributed by atoms with E-state index in [9.17, 15) is 14.9 Å². The van der Waals surface area contributed by atoms with Crippen molar-refractivity contribution in [3.63, 3.8) is 0 Å². The van der Waals surface area contributed by atoms with Crippen molar-refractivity contribution in [3.05, 3.63) is 70.3 Å². The molecule has 1 aliphatic rings. The van der Waals surface area contributed by atoms with Crippen molar-refractivity contribution in [2.24, 2.45) is 0 Å². The minimum Gasteiger partial charge on any atom is -0.368 e. The van der Waals surface area contributed by atoms with Gasteiger partial charge in [0.1, 0.15) is 0 Å². The van der Waals surface area contributed by atoms with Crippen LogP contribution in [0.2, 0.25) is 0 Å². The summed E-state index contributed by atoms with van der Waals surface area (Å²) in [6.45, 7) is 4.92. The predicted molar refractivity (Wildman–Crippen MR) is 101 cm³/mol. The Morgan fingerprint density at radius 2 is 1.65 bits per heavy atom. The van der Waals surface area contributed by atoms with Crippen LogP contribution >= 0.6 is 0 Å². The van der Waals surface area contributed by atoms with Gasteiger partial charge in [0.05, 0.1) is 4.92 Å². The van der Waals surface area contributed by atoms with Crippen LogP contribution in [-0.4, -0.2) is 41.9 Å². The van der Waals surface area contributed by atoms with E-state index in [1.54, 1.807) is 12.1 Å². The van der Waals surface area contributed by atoms with E-state index in [4.69, 9.17) is 0 Å². The van der Waals surface area contributed by atoms with Gasteiger partial charge in [-0.15, -0.1) is 0 Å². The molecule has 1 fully saturated rings. The van der Waals surface area contributed by atoms with Crippen LogP contribution in [0.4, 0.5) is 11.4 Å². The standard InChI is InChI=1S/C20H23N3O3/c1-16(17-5-3-2-4-6-17)15-20(24)22-13-11-21(12-14-22)18-7-9-19(10-8-18)23(25)26/h2-10,16H,11-15H2,1H3/t16-/m1/s1. The third-order valence-electron chi connectivity index (χ3n) is 4.91. The molecular formula is C20H23N3O3. The van der Waals surface area contributed by atoms with Crippen LogP contribution in [-0.2, 0) is 4.79 Å². The zero-order chi connectivity index (χ0) is 18.5. The van der Waals surface area contributed by atoms with Crippen LogP contribution in [0.3, 0.4) is 0 Å². The molecule has 0 spiro atoms. The molecule has 6 heteroatoms. The van der Waals surface area contributed by atoms with E-state index in [1.807, 2.05) is 23.1 Å². The van der Waals surface area contributed by atoms with Crippen molar-refractivity contribution in [3.8, 4) is 0 Å². The molecule has 3 rings (SSSR count). The van der Waals surface area contributed by atoms with Gasteiger partial charge in [-0.05, 0) is 23.6 Å². The van der Waals surface area contributed by atoms with Crippen LogP contribution in [0.15, 0.2) is 54.6 Å². The molecule has 2 aromatic carbocycles. The Labute approximate surface area is 153 Å². The molecule has 0 aromatic heterocycles. The number of piperazine rings is 1. The van der Waals surface area contributed by atoms with E-state index in [-0.39, 0.29) is 17.5 Å². The van der Waals surface area contributed by atoms with E-state index < -0.39 is 4.92 Å². The molecule has 0 aliphatic carbocycles.